The maximum absolute atomic E-state index is 12.5. The number of hydrogen-bond donors (Lipinski definition) is 2. The maximum atomic E-state index is 12.5. The van der Waals surface area contributed by atoms with Gasteiger partial charge in [-0.15, -0.1) is 0 Å². The summed E-state index contributed by atoms with van der Waals surface area (Å²) >= 11 is 3.46. The van der Waals surface area contributed by atoms with E-state index in [1.807, 2.05) is 43.3 Å². The third-order valence-corrected chi connectivity index (χ3v) is 4.41. The summed E-state index contributed by atoms with van der Waals surface area (Å²) < 4.78 is 0.991. The van der Waals surface area contributed by atoms with Crippen LogP contribution in [0.4, 0.5) is 5.82 Å². The molecule has 0 aliphatic carbocycles. The van der Waals surface area contributed by atoms with Crippen LogP contribution in [0.2, 0.25) is 0 Å². The van der Waals surface area contributed by atoms with E-state index in [0.717, 1.165) is 21.4 Å². The van der Waals surface area contributed by atoms with Crippen molar-refractivity contribution in [2.75, 3.05) is 5.32 Å². The smallest absolute Gasteiger partial charge is 0.258 e. The van der Waals surface area contributed by atoms with Gasteiger partial charge in [-0.1, -0.05) is 41.9 Å². The number of nitrogens with zero attached hydrogens (tertiary/aromatic N) is 2. The van der Waals surface area contributed by atoms with Crippen molar-refractivity contribution in [3.8, 4) is 11.3 Å². The van der Waals surface area contributed by atoms with Gasteiger partial charge in [0, 0.05) is 21.8 Å². The Morgan fingerprint density at radius 1 is 1.20 bits per heavy atom. The van der Waals surface area contributed by atoms with Crippen LogP contribution in [0, 0.1) is 6.92 Å². The molecule has 2 heterocycles. The minimum atomic E-state index is -0.215. The predicted molar refractivity (Wildman–Crippen MR) is 103 cm³/mol. The number of halogens is 1. The molecular weight excluding hydrogens is 380 g/mol. The molecule has 0 radical (unpaired) electrons. The average molecular weight is 399 g/mol. The van der Waals surface area contributed by atoms with Crippen LogP contribution in [0.5, 0.6) is 0 Å². The first kappa shape index (κ1) is 17.4. The second-order valence-corrected chi connectivity index (χ2v) is 7.07. The van der Waals surface area contributed by atoms with Gasteiger partial charge in [-0.05, 0) is 37.1 Å². The molecule has 0 unspecified atom stereocenters. The molecule has 3 aromatic rings. The van der Waals surface area contributed by atoms with Crippen molar-refractivity contribution in [2.45, 2.75) is 26.7 Å². The Bertz CT molecular complexity index is 917. The molecule has 0 bridgehead atoms. The standard InChI is InChI=1S/C19H19BrN4O/c1-11(2)17-10-18(24-23-17)22-19(25)15-7-8-16(21-12(15)3)13-5-4-6-14(20)9-13/h4-11H,1-3H3,(H2,22,23,24,25). The average Bonchev–Trinajstić information content (AvgIpc) is 3.03. The zero-order chi connectivity index (χ0) is 18.0. The first-order valence-electron chi connectivity index (χ1n) is 8.04. The summed E-state index contributed by atoms with van der Waals surface area (Å²) in [5, 5.41) is 9.87. The number of carbonyl (C=O) groups excluding carboxylic acids is 1. The number of pyridine rings is 1. The van der Waals surface area contributed by atoms with Gasteiger partial charge in [-0.3, -0.25) is 14.9 Å². The molecular formula is C19H19BrN4O. The molecule has 2 N–H and O–H groups in total. The normalized spacial score (nSPS) is 10.9. The van der Waals surface area contributed by atoms with E-state index in [0.29, 0.717) is 23.0 Å². The van der Waals surface area contributed by atoms with Crippen LogP contribution in [0.1, 0.15) is 41.5 Å². The number of rotatable bonds is 4. The van der Waals surface area contributed by atoms with Crippen LogP contribution in [-0.4, -0.2) is 21.1 Å². The zero-order valence-corrected chi connectivity index (χ0v) is 15.9. The minimum Gasteiger partial charge on any atom is -0.305 e. The van der Waals surface area contributed by atoms with E-state index in [-0.39, 0.29) is 5.91 Å². The SMILES string of the molecule is Cc1nc(-c2cccc(Br)c2)ccc1C(=O)Nc1cc(C(C)C)[nH]n1. The van der Waals surface area contributed by atoms with Crippen LogP contribution in [0.15, 0.2) is 46.9 Å². The zero-order valence-electron chi connectivity index (χ0n) is 14.3. The van der Waals surface area contributed by atoms with Crippen molar-refractivity contribution in [3.63, 3.8) is 0 Å². The van der Waals surface area contributed by atoms with Gasteiger partial charge in [0.1, 0.15) is 0 Å². The Labute approximate surface area is 155 Å². The lowest BCUT2D eigenvalue weighted by atomic mass is 10.1. The number of anilines is 1. The van der Waals surface area contributed by atoms with Crippen LogP contribution in [-0.2, 0) is 0 Å². The summed E-state index contributed by atoms with van der Waals surface area (Å²) in [6.45, 7) is 5.96. The highest BCUT2D eigenvalue weighted by molar-refractivity contribution is 9.10. The van der Waals surface area contributed by atoms with Gasteiger partial charge in [0.2, 0.25) is 0 Å². The maximum Gasteiger partial charge on any atom is 0.258 e. The van der Waals surface area contributed by atoms with Crippen molar-refractivity contribution in [1.29, 1.82) is 0 Å². The predicted octanol–water partition coefficient (Wildman–Crippen LogP) is 4.92. The molecule has 0 spiro atoms. The van der Waals surface area contributed by atoms with Gasteiger partial charge in [-0.2, -0.15) is 5.10 Å². The lowest BCUT2D eigenvalue weighted by molar-refractivity contribution is 0.102. The molecule has 1 amide bonds. The lowest BCUT2D eigenvalue weighted by Gasteiger charge is -2.08. The second kappa shape index (κ2) is 7.19. The van der Waals surface area contributed by atoms with E-state index in [2.05, 4.69) is 50.3 Å². The highest BCUT2D eigenvalue weighted by Crippen LogP contribution is 2.23. The number of aromatic amines is 1. The summed E-state index contributed by atoms with van der Waals surface area (Å²) in [7, 11) is 0. The molecule has 3 rings (SSSR count). The molecule has 25 heavy (non-hydrogen) atoms. The molecule has 6 heteroatoms. The fraction of sp³-hybridized carbons (Fsp3) is 0.211. The fourth-order valence-electron chi connectivity index (χ4n) is 2.49. The van der Waals surface area contributed by atoms with E-state index in [9.17, 15) is 4.79 Å². The summed E-state index contributed by atoms with van der Waals surface area (Å²) in [4.78, 5) is 17.1. The Morgan fingerprint density at radius 3 is 2.64 bits per heavy atom. The van der Waals surface area contributed by atoms with E-state index in [1.54, 1.807) is 6.07 Å². The number of aryl methyl sites for hydroxylation is 1. The molecule has 0 fully saturated rings. The van der Waals surface area contributed by atoms with E-state index in [4.69, 9.17) is 0 Å². The van der Waals surface area contributed by atoms with Crippen molar-refractivity contribution >= 4 is 27.7 Å². The number of carbonyl (C=O) groups is 1. The quantitative estimate of drug-likeness (QED) is 0.654. The van der Waals surface area contributed by atoms with E-state index >= 15 is 0 Å². The van der Waals surface area contributed by atoms with Crippen molar-refractivity contribution in [1.82, 2.24) is 15.2 Å². The largest absolute Gasteiger partial charge is 0.305 e. The first-order valence-corrected chi connectivity index (χ1v) is 8.83. The number of nitrogens with one attached hydrogen (secondary N) is 2. The third kappa shape index (κ3) is 3.96. The Morgan fingerprint density at radius 2 is 2.00 bits per heavy atom. The molecule has 0 saturated heterocycles. The molecule has 1 aromatic carbocycles. The molecule has 5 nitrogen and oxygen atoms in total. The van der Waals surface area contributed by atoms with Crippen LogP contribution >= 0.6 is 15.9 Å². The number of benzene rings is 1. The highest BCUT2D eigenvalue weighted by Gasteiger charge is 2.14. The summed E-state index contributed by atoms with van der Waals surface area (Å²) in [5.74, 6) is 0.628. The van der Waals surface area contributed by atoms with Gasteiger partial charge in [-0.25, -0.2) is 0 Å². The lowest BCUT2D eigenvalue weighted by Crippen LogP contribution is -2.14. The fourth-order valence-corrected chi connectivity index (χ4v) is 2.89. The van der Waals surface area contributed by atoms with Crippen LogP contribution in [0.25, 0.3) is 11.3 Å². The summed E-state index contributed by atoms with van der Waals surface area (Å²) in [5.41, 5.74) is 4.02. The Kier molecular flexibility index (Phi) is 4.99. The first-order chi connectivity index (χ1) is 11.9. The van der Waals surface area contributed by atoms with Crippen molar-refractivity contribution in [2.24, 2.45) is 0 Å². The molecule has 2 aromatic heterocycles. The second-order valence-electron chi connectivity index (χ2n) is 6.16. The third-order valence-electron chi connectivity index (χ3n) is 3.91. The van der Waals surface area contributed by atoms with Gasteiger partial charge in [0.15, 0.2) is 5.82 Å². The molecule has 0 saturated carbocycles. The van der Waals surface area contributed by atoms with E-state index in [1.165, 1.54) is 0 Å². The molecule has 0 aliphatic rings. The molecule has 0 atom stereocenters. The number of aromatic nitrogens is 3. The molecule has 0 aliphatic heterocycles. The summed E-state index contributed by atoms with van der Waals surface area (Å²) in [6, 6.07) is 13.4. The topological polar surface area (TPSA) is 70.7 Å². The summed E-state index contributed by atoms with van der Waals surface area (Å²) in [6.07, 6.45) is 0. The van der Waals surface area contributed by atoms with Gasteiger partial charge in [0.05, 0.1) is 17.0 Å². The number of amides is 1. The highest BCUT2D eigenvalue weighted by atomic mass is 79.9. The molecule has 128 valence electrons. The van der Waals surface area contributed by atoms with Crippen LogP contribution in [0.3, 0.4) is 0 Å². The number of hydrogen-bond acceptors (Lipinski definition) is 3. The van der Waals surface area contributed by atoms with E-state index < -0.39 is 0 Å². The van der Waals surface area contributed by atoms with Crippen LogP contribution < -0.4 is 5.32 Å². The minimum absolute atomic E-state index is 0.215. The Balaban J connectivity index is 1.81. The van der Waals surface area contributed by atoms with Crippen molar-refractivity contribution < 1.29 is 4.79 Å². The monoisotopic (exact) mass is 398 g/mol. The van der Waals surface area contributed by atoms with Crippen molar-refractivity contribution in [3.05, 3.63) is 63.9 Å². The van der Waals surface area contributed by atoms with Gasteiger partial charge >= 0.3 is 0 Å². The van der Waals surface area contributed by atoms with Gasteiger partial charge in [0.25, 0.3) is 5.91 Å². The Hall–Kier alpha value is -2.47. The van der Waals surface area contributed by atoms with Gasteiger partial charge < -0.3 is 5.32 Å². The number of H-pyrrole nitrogens is 1.